The highest BCUT2D eigenvalue weighted by Crippen LogP contribution is 2.19. The molecule has 104 valence electrons. The van der Waals surface area contributed by atoms with Gasteiger partial charge in [0.05, 0.1) is 0 Å². The summed E-state index contributed by atoms with van der Waals surface area (Å²) in [6.45, 7) is 0. The van der Waals surface area contributed by atoms with Crippen LogP contribution in [0.4, 0.5) is 20.2 Å². The van der Waals surface area contributed by atoms with Crippen molar-refractivity contribution in [2.75, 3.05) is 24.3 Å². The van der Waals surface area contributed by atoms with Crippen molar-refractivity contribution in [1.82, 2.24) is 0 Å². The van der Waals surface area contributed by atoms with E-state index in [1.165, 1.54) is 6.07 Å². The molecule has 20 heavy (non-hydrogen) atoms. The van der Waals surface area contributed by atoms with E-state index >= 15 is 0 Å². The Kier molecular flexibility index (Phi) is 3.98. The summed E-state index contributed by atoms with van der Waals surface area (Å²) in [5.74, 6) is -2.57. The third-order valence-electron chi connectivity index (χ3n) is 2.81. The Hall–Kier alpha value is -2.43. The molecular formula is C15H14F2N2O. The van der Waals surface area contributed by atoms with Gasteiger partial charge in [-0.1, -0.05) is 12.1 Å². The van der Waals surface area contributed by atoms with Gasteiger partial charge < -0.3 is 10.2 Å². The number of halogens is 2. The summed E-state index contributed by atoms with van der Waals surface area (Å²) >= 11 is 0. The van der Waals surface area contributed by atoms with Gasteiger partial charge in [0.2, 0.25) is 0 Å². The standard InChI is InChI=1S/C15H14F2N2O/c1-19(2)11-6-3-5-10(9-11)18-15(20)14-12(16)7-4-8-13(14)17/h3-9H,1-2H3,(H,18,20). The van der Waals surface area contributed by atoms with Crippen molar-refractivity contribution in [2.24, 2.45) is 0 Å². The molecule has 3 nitrogen and oxygen atoms in total. The first-order chi connectivity index (χ1) is 9.49. The second-order valence-electron chi connectivity index (χ2n) is 4.50. The lowest BCUT2D eigenvalue weighted by Gasteiger charge is -2.14. The monoisotopic (exact) mass is 276 g/mol. The van der Waals surface area contributed by atoms with Crippen molar-refractivity contribution >= 4 is 17.3 Å². The molecule has 0 saturated heterocycles. The van der Waals surface area contributed by atoms with Crippen LogP contribution in [0.1, 0.15) is 10.4 Å². The Morgan fingerprint density at radius 2 is 1.65 bits per heavy atom. The van der Waals surface area contributed by atoms with Crippen molar-refractivity contribution in [2.45, 2.75) is 0 Å². The topological polar surface area (TPSA) is 32.3 Å². The molecule has 0 aliphatic carbocycles. The van der Waals surface area contributed by atoms with Crippen molar-refractivity contribution in [3.63, 3.8) is 0 Å². The number of carbonyl (C=O) groups is 1. The van der Waals surface area contributed by atoms with Gasteiger partial charge in [-0.05, 0) is 30.3 Å². The SMILES string of the molecule is CN(C)c1cccc(NC(=O)c2c(F)cccc2F)c1. The molecule has 0 heterocycles. The maximum atomic E-state index is 13.5. The fraction of sp³-hybridized carbons (Fsp3) is 0.133. The number of nitrogens with zero attached hydrogens (tertiary/aromatic N) is 1. The predicted molar refractivity (Wildman–Crippen MR) is 75.1 cm³/mol. The quantitative estimate of drug-likeness (QED) is 0.933. The predicted octanol–water partition coefficient (Wildman–Crippen LogP) is 3.28. The summed E-state index contributed by atoms with van der Waals surface area (Å²) in [5.41, 5.74) is 0.767. The maximum absolute atomic E-state index is 13.5. The summed E-state index contributed by atoms with van der Waals surface area (Å²) in [4.78, 5) is 13.8. The van der Waals surface area contributed by atoms with E-state index in [1.807, 2.05) is 25.1 Å². The smallest absolute Gasteiger partial charge is 0.261 e. The van der Waals surface area contributed by atoms with Crippen molar-refractivity contribution in [3.8, 4) is 0 Å². The number of benzene rings is 2. The van der Waals surface area contributed by atoms with E-state index in [9.17, 15) is 13.6 Å². The zero-order valence-corrected chi connectivity index (χ0v) is 11.2. The number of nitrogens with one attached hydrogen (secondary N) is 1. The average molecular weight is 276 g/mol. The van der Waals surface area contributed by atoms with Gasteiger partial charge in [-0.3, -0.25) is 4.79 Å². The highest BCUT2D eigenvalue weighted by atomic mass is 19.1. The minimum atomic E-state index is -0.883. The Labute approximate surface area is 115 Å². The molecule has 1 N–H and O–H groups in total. The zero-order chi connectivity index (χ0) is 14.7. The molecule has 0 radical (unpaired) electrons. The van der Waals surface area contributed by atoms with Gasteiger partial charge in [0.15, 0.2) is 0 Å². The van der Waals surface area contributed by atoms with Crippen LogP contribution in [0.5, 0.6) is 0 Å². The molecule has 2 aromatic rings. The lowest BCUT2D eigenvalue weighted by molar-refractivity contribution is 0.101. The fourth-order valence-corrected chi connectivity index (χ4v) is 1.77. The van der Waals surface area contributed by atoms with E-state index in [1.54, 1.807) is 18.2 Å². The van der Waals surface area contributed by atoms with Crippen LogP contribution in [0.25, 0.3) is 0 Å². The van der Waals surface area contributed by atoms with E-state index < -0.39 is 23.1 Å². The Morgan fingerprint density at radius 3 is 2.25 bits per heavy atom. The van der Waals surface area contributed by atoms with Crippen molar-refractivity contribution in [1.29, 1.82) is 0 Å². The van der Waals surface area contributed by atoms with Crippen LogP contribution in [0, 0.1) is 11.6 Å². The number of amides is 1. The molecule has 2 rings (SSSR count). The highest BCUT2D eigenvalue weighted by molar-refractivity contribution is 6.04. The zero-order valence-electron chi connectivity index (χ0n) is 11.2. The summed E-state index contributed by atoms with van der Waals surface area (Å²) in [6, 6.07) is 10.3. The van der Waals surface area contributed by atoms with Gasteiger partial charge in [0, 0.05) is 25.5 Å². The van der Waals surface area contributed by atoms with Crippen LogP contribution >= 0.6 is 0 Å². The van der Waals surface area contributed by atoms with Gasteiger partial charge >= 0.3 is 0 Å². The molecule has 2 aromatic carbocycles. The fourth-order valence-electron chi connectivity index (χ4n) is 1.77. The van der Waals surface area contributed by atoms with E-state index in [0.29, 0.717) is 5.69 Å². The Bertz CT molecular complexity index is 621. The molecular weight excluding hydrogens is 262 g/mol. The van der Waals surface area contributed by atoms with Gasteiger partial charge in [-0.2, -0.15) is 0 Å². The number of hydrogen-bond donors (Lipinski definition) is 1. The second kappa shape index (κ2) is 5.69. The maximum Gasteiger partial charge on any atom is 0.261 e. The van der Waals surface area contributed by atoms with Crippen LogP contribution in [-0.2, 0) is 0 Å². The molecule has 0 fully saturated rings. The summed E-state index contributed by atoms with van der Waals surface area (Å²) < 4.78 is 27.0. The summed E-state index contributed by atoms with van der Waals surface area (Å²) in [6.07, 6.45) is 0. The van der Waals surface area contributed by atoms with Crippen LogP contribution < -0.4 is 10.2 Å². The van der Waals surface area contributed by atoms with E-state index in [0.717, 1.165) is 17.8 Å². The first-order valence-corrected chi connectivity index (χ1v) is 6.02. The van der Waals surface area contributed by atoms with E-state index in [4.69, 9.17) is 0 Å². The first-order valence-electron chi connectivity index (χ1n) is 6.02. The second-order valence-corrected chi connectivity index (χ2v) is 4.50. The lowest BCUT2D eigenvalue weighted by atomic mass is 10.1. The number of hydrogen-bond acceptors (Lipinski definition) is 2. The summed E-state index contributed by atoms with van der Waals surface area (Å²) in [5, 5.41) is 2.49. The molecule has 0 aliphatic heterocycles. The molecule has 1 amide bonds. The van der Waals surface area contributed by atoms with E-state index in [-0.39, 0.29) is 0 Å². The average Bonchev–Trinajstić information content (AvgIpc) is 2.38. The number of carbonyl (C=O) groups excluding carboxylic acids is 1. The molecule has 0 saturated carbocycles. The normalized spacial score (nSPS) is 10.2. The lowest BCUT2D eigenvalue weighted by Crippen LogP contribution is -2.16. The third kappa shape index (κ3) is 2.93. The number of anilines is 2. The summed E-state index contributed by atoms with van der Waals surface area (Å²) in [7, 11) is 3.72. The molecule has 0 aromatic heterocycles. The molecule has 0 unspecified atom stereocenters. The third-order valence-corrected chi connectivity index (χ3v) is 2.81. The van der Waals surface area contributed by atoms with Crippen molar-refractivity contribution < 1.29 is 13.6 Å². The molecule has 5 heteroatoms. The van der Waals surface area contributed by atoms with Crippen LogP contribution in [0.2, 0.25) is 0 Å². The van der Waals surface area contributed by atoms with Gasteiger partial charge in [-0.15, -0.1) is 0 Å². The molecule has 0 bridgehead atoms. The van der Waals surface area contributed by atoms with Gasteiger partial charge in [0.1, 0.15) is 17.2 Å². The Morgan fingerprint density at radius 1 is 1.05 bits per heavy atom. The van der Waals surface area contributed by atoms with Crippen LogP contribution in [0.3, 0.4) is 0 Å². The molecule has 0 spiro atoms. The Balaban J connectivity index is 2.26. The molecule has 0 aliphatic rings. The van der Waals surface area contributed by atoms with Crippen LogP contribution in [0.15, 0.2) is 42.5 Å². The van der Waals surface area contributed by atoms with Crippen molar-refractivity contribution in [3.05, 3.63) is 59.7 Å². The largest absolute Gasteiger partial charge is 0.378 e. The van der Waals surface area contributed by atoms with E-state index in [2.05, 4.69) is 5.32 Å². The molecule has 0 atom stereocenters. The first kappa shape index (κ1) is 14.0. The minimum Gasteiger partial charge on any atom is -0.378 e. The number of rotatable bonds is 3. The van der Waals surface area contributed by atoms with Gasteiger partial charge in [-0.25, -0.2) is 8.78 Å². The minimum absolute atomic E-state index is 0.476. The van der Waals surface area contributed by atoms with Crippen LogP contribution in [-0.4, -0.2) is 20.0 Å². The highest BCUT2D eigenvalue weighted by Gasteiger charge is 2.17. The van der Waals surface area contributed by atoms with Gasteiger partial charge in [0.25, 0.3) is 5.91 Å².